The van der Waals surface area contributed by atoms with Crippen LogP contribution < -0.4 is 4.74 Å². The molecule has 0 radical (unpaired) electrons. The van der Waals surface area contributed by atoms with Crippen LogP contribution in [-0.4, -0.2) is 81.0 Å². The van der Waals surface area contributed by atoms with E-state index in [0.717, 1.165) is 16.9 Å². The molecule has 2 aromatic carbocycles. The van der Waals surface area contributed by atoms with E-state index in [1.54, 1.807) is 12.1 Å². The maximum atomic E-state index is 10.3. The van der Waals surface area contributed by atoms with Gasteiger partial charge in [-0.05, 0) is 54.7 Å². The summed E-state index contributed by atoms with van der Waals surface area (Å²) in [4.78, 5) is 0. The third-order valence-electron chi connectivity index (χ3n) is 5.60. The molecule has 0 saturated carbocycles. The second kappa shape index (κ2) is 15.4. The number of hydrogen-bond donors (Lipinski definition) is 6. The van der Waals surface area contributed by atoms with E-state index in [1.807, 2.05) is 44.2 Å². The summed E-state index contributed by atoms with van der Waals surface area (Å²) in [5, 5.41) is 56.8. The zero-order valence-corrected chi connectivity index (χ0v) is 20.2. The molecule has 9 heteroatoms. The summed E-state index contributed by atoms with van der Waals surface area (Å²) < 4.78 is 11.1. The van der Waals surface area contributed by atoms with Gasteiger partial charge in [0.1, 0.15) is 36.3 Å². The van der Waals surface area contributed by atoms with E-state index >= 15 is 0 Å². The van der Waals surface area contributed by atoms with E-state index in [-0.39, 0.29) is 14.0 Å². The van der Waals surface area contributed by atoms with Crippen LogP contribution in [0.1, 0.15) is 50.5 Å². The molecule has 0 bridgehead atoms. The van der Waals surface area contributed by atoms with Gasteiger partial charge < -0.3 is 40.1 Å². The van der Waals surface area contributed by atoms with Crippen molar-refractivity contribution in [1.29, 1.82) is 0 Å². The molecule has 6 atom stereocenters. The first-order chi connectivity index (χ1) is 16.2. The molecule has 1 saturated heterocycles. The Morgan fingerprint density at radius 3 is 2.14 bits per heavy atom. The van der Waals surface area contributed by atoms with E-state index in [0.29, 0.717) is 30.0 Å². The zero-order chi connectivity index (χ0) is 25.3. The van der Waals surface area contributed by atoms with Crippen molar-refractivity contribution in [3.63, 3.8) is 0 Å². The lowest BCUT2D eigenvalue weighted by Gasteiger charge is -2.40. The van der Waals surface area contributed by atoms with E-state index in [2.05, 4.69) is 0 Å². The van der Waals surface area contributed by atoms with Gasteiger partial charge in [-0.3, -0.25) is 0 Å². The minimum atomic E-state index is -1.42. The van der Waals surface area contributed by atoms with Crippen molar-refractivity contribution in [2.24, 2.45) is 0 Å². The van der Waals surface area contributed by atoms with Gasteiger partial charge in [-0.2, -0.15) is 0 Å². The fourth-order valence-corrected chi connectivity index (χ4v) is 3.69. The monoisotopic (exact) mass is 514 g/mol. The number of rotatable bonds is 8. The van der Waals surface area contributed by atoms with Crippen LogP contribution in [0.5, 0.6) is 5.75 Å². The maximum absolute atomic E-state index is 10.3. The fourth-order valence-electron chi connectivity index (χ4n) is 3.50. The maximum Gasteiger partial charge on any atom is 0.119 e. The predicted octanol–water partition coefficient (Wildman–Crippen LogP) is 2.23. The number of aliphatic hydroxyl groups excluding tert-OH is 6. The Morgan fingerprint density at radius 2 is 1.63 bits per heavy atom. The van der Waals surface area contributed by atoms with Gasteiger partial charge >= 0.3 is 0 Å². The van der Waals surface area contributed by atoms with Crippen molar-refractivity contribution >= 4 is 11.6 Å². The van der Waals surface area contributed by atoms with Crippen LogP contribution in [0.25, 0.3) is 0 Å². The van der Waals surface area contributed by atoms with Crippen LogP contribution >= 0.6 is 11.6 Å². The van der Waals surface area contributed by atoms with E-state index in [1.165, 1.54) is 0 Å². The Kier molecular flexibility index (Phi) is 13.7. The van der Waals surface area contributed by atoms with Crippen molar-refractivity contribution < 1.29 is 40.1 Å². The van der Waals surface area contributed by atoms with Crippen molar-refractivity contribution in [3.05, 3.63) is 64.2 Å². The van der Waals surface area contributed by atoms with E-state index in [4.69, 9.17) is 31.3 Å². The lowest BCUT2D eigenvalue weighted by atomic mass is 9.90. The van der Waals surface area contributed by atoms with E-state index in [9.17, 15) is 20.4 Å². The van der Waals surface area contributed by atoms with Gasteiger partial charge in [-0.1, -0.05) is 50.2 Å². The Labute approximate surface area is 212 Å². The number of ether oxygens (including phenoxy) is 2. The second-order valence-corrected chi connectivity index (χ2v) is 8.51. The summed E-state index contributed by atoms with van der Waals surface area (Å²) in [7, 11) is 0. The first-order valence-electron chi connectivity index (χ1n) is 11.3. The van der Waals surface area contributed by atoms with Crippen LogP contribution in [0.3, 0.4) is 0 Å². The summed E-state index contributed by atoms with van der Waals surface area (Å²) >= 11 is 6.35. The molecular weight excluding hydrogens is 476 g/mol. The SMILES string of the molecule is C.CCC(O)CO.CCOc1ccc(Cc2cc([C@@H]3O[C@H](CO)[C@@H](O)[C@H](O)[C@H]3O)ccc2Cl)cc1. The minimum absolute atomic E-state index is 0. The molecule has 35 heavy (non-hydrogen) atoms. The first-order valence-corrected chi connectivity index (χ1v) is 11.7. The molecule has 2 aromatic rings. The van der Waals surface area contributed by atoms with Gasteiger partial charge in [0.2, 0.25) is 0 Å². The quantitative estimate of drug-likeness (QED) is 0.315. The summed E-state index contributed by atoms with van der Waals surface area (Å²) in [5.41, 5.74) is 2.49. The lowest BCUT2D eigenvalue weighted by molar-refractivity contribution is -0.231. The largest absolute Gasteiger partial charge is 0.494 e. The predicted molar refractivity (Wildman–Crippen MR) is 135 cm³/mol. The molecule has 0 aromatic heterocycles. The molecule has 3 rings (SSSR count). The molecule has 0 spiro atoms. The highest BCUT2D eigenvalue weighted by Gasteiger charge is 2.44. The van der Waals surface area contributed by atoms with Gasteiger partial charge in [0.05, 0.1) is 25.9 Å². The summed E-state index contributed by atoms with van der Waals surface area (Å²) in [6.45, 7) is 3.77. The molecule has 1 aliphatic rings. The molecule has 198 valence electrons. The van der Waals surface area contributed by atoms with Crippen LogP contribution in [0.15, 0.2) is 42.5 Å². The number of aliphatic hydroxyl groups is 6. The van der Waals surface area contributed by atoms with Crippen molar-refractivity contribution in [3.8, 4) is 5.75 Å². The topological polar surface area (TPSA) is 140 Å². The Bertz CT molecular complexity index is 857. The lowest BCUT2D eigenvalue weighted by Crippen LogP contribution is -2.55. The summed E-state index contributed by atoms with van der Waals surface area (Å²) in [6.07, 6.45) is -5.26. The van der Waals surface area contributed by atoms with Crippen LogP contribution in [-0.2, 0) is 11.2 Å². The highest BCUT2D eigenvalue weighted by atomic mass is 35.5. The molecule has 1 fully saturated rings. The Morgan fingerprint density at radius 1 is 0.971 bits per heavy atom. The van der Waals surface area contributed by atoms with Gasteiger partial charge in [-0.15, -0.1) is 0 Å². The van der Waals surface area contributed by atoms with Crippen LogP contribution in [0, 0.1) is 0 Å². The molecule has 1 unspecified atom stereocenters. The summed E-state index contributed by atoms with van der Waals surface area (Å²) in [6, 6.07) is 12.9. The molecule has 0 aliphatic carbocycles. The zero-order valence-electron chi connectivity index (χ0n) is 19.4. The van der Waals surface area contributed by atoms with Gasteiger partial charge in [-0.25, -0.2) is 0 Å². The van der Waals surface area contributed by atoms with Crippen LogP contribution in [0.2, 0.25) is 5.02 Å². The van der Waals surface area contributed by atoms with Gasteiger partial charge in [0, 0.05) is 5.02 Å². The number of halogens is 1. The molecule has 0 amide bonds. The fraction of sp³-hybridized carbons (Fsp3) is 0.538. The molecule has 6 N–H and O–H groups in total. The van der Waals surface area contributed by atoms with Gasteiger partial charge in [0.15, 0.2) is 0 Å². The van der Waals surface area contributed by atoms with E-state index < -0.39 is 43.2 Å². The third-order valence-corrected chi connectivity index (χ3v) is 5.97. The Hall–Kier alpha value is -1.75. The van der Waals surface area contributed by atoms with Crippen molar-refractivity contribution in [2.45, 2.75) is 70.7 Å². The normalized spacial score (nSPS) is 24.5. The highest BCUT2D eigenvalue weighted by molar-refractivity contribution is 6.31. The van der Waals surface area contributed by atoms with Crippen molar-refractivity contribution in [2.75, 3.05) is 19.8 Å². The third kappa shape index (κ3) is 8.70. The molecule has 8 nitrogen and oxygen atoms in total. The standard InChI is InChI=1S/C21H25ClO6.C4H10O2.CH4/c1-2-27-15-6-3-12(4-7-15)9-14-10-13(5-8-16(14)22)21-20(26)19(25)18(24)17(11-23)28-21;1-2-4(6)3-5;/h3-8,10,17-21,23-26H,2,9,11H2,1H3;4-6H,2-3H2,1H3;1H4/t17-,18-,19+,20-,21+;;/m1../s1. The first kappa shape index (κ1) is 31.3. The molecular formula is C26H39ClO8. The van der Waals surface area contributed by atoms with Crippen LogP contribution in [0.4, 0.5) is 0 Å². The average Bonchev–Trinajstić information content (AvgIpc) is 2.85. The average molecular weight is 515 g/mol. The minimum Gasteiger partial charge on any atom is -0.494 e. The number of hydrogen-bond acceptors (Lipinski definition) is 8. The Balaban J connectivity index is 0.000000780. The summed E-state index contributed by atoms with van der Waals surface area (Å²) in [5.74, 6) is 0.799. The highest BCUT2D eigenvalue weighted by Crippen LogP contribution is 2.34. The smallest absolute Gasteiger partial charge is 0.119 e. The molecule has 1 heterocycles. The second-order valence-electron chi connectivity index (χ2n) is 8.10. The number of benzene rings is 2. The molecule has 1 aliphatic heterocycles. The van der Waals surface area contributed by atoms with Crippen molar-refractivity contribution in [1.82, 2.24) is 0 Å². The van der Waals surface area contributed by atoms with Gasteiger partial charge in [0.25, 0.3) is 0 Å².